The normalized spacial score (nSPS) is 10.5. The van der Waals surface area contributed by atoms with Crippen LogP contribution in [0, 0.1) is 0 Å². The van der Waals surface area contributed by atoms with Gasteiger partial charge in [0.2, 0.25) is 5.78 Å². The topological polar surface area (TPSA) is 34.9 Å². The molecule has 0 spiro atoms. The summed E-state index contributed by atoms with van der Waals surface area (Å²) in [5.74, 6) is -0.0915. The highest BCUT2D eigenvalue weighted by molar-refractivity contribution is 6.34. The molecule has 15 heavy (non-hydrogen) atoms. The third-order valence-corrected chi connectivity index (χ3v) is 2.17. The number of carbonyl (C=O) groups excluding carboxylic acids is 1. The van der Waals surface area contributed by atoms with Crippen LogP contribution < -0.4 is 0 Å². The fourth-order valence-electron chi connectivity index (χ4n) is 1.29. The summed E-state index contributed by atoms with van der Waals surface area (Å²) in [7, 11) is 0. The zero-order chi connectivity index (χ0) is 11.6. The number of hydrogen-bond donors (Lipinski definition) is 0. The number of allylic oxidation sites excluding steroid dienone is 2. The molecular weight excluding hydrogens is 212 g/mol. The van der Waals surface area contributed by atoms with Gasteiger partial charge in [-0.05, 0) is 33.8 Å². The van der Waals surface area contributed by atoms with E-state index in [0.29, 0.717) is 10.7 Å². The fourth-order valence-corrected chi connectivity index (χ4v) is 1.52. The van der Waals surface area contributed by atoms with E-state index >= 15 is 0 Å². The zero-order valence-electron chi connectivity index (χ0n) is 9.41. The second-order valence-corrected chi connectivity index (χ2v) is 4.37. The van der Waals surface area contributed by atoms with Gasteiger partial charge in [0, 0.05) is 6.04 Å². The second kappa shape index (κ2) is 4.62. The molecule has 0 radical (unpaired) electrons. The molecule has 4 heteroatoms. The molecule has 3 nitrogen and oxygen atoms in total. The summed E-state index contributed by atoms with van der Waals surface area (Å²) in [6, 6.07) is 0.127. The summed E-state index contributed by atoms with van der Waals surface area (Å²) in [6.07, 6.45) is 3.08. The molecule has 1 heterocycles. The van der Waals surface area contributed by atoms with E-state index in [2.05, 4.69) is 5.10 Å². The Bertz CT molecular complexity index is 401. The Balaban J connectivity index is 3.18. The lowest BCUT2D eigenvalue weighted by molar-refractivity contribution is 0.103. The van der Waals surface area contributed by atoms with Gasteiger partial charge in [-0.1, -0.05) is 17.2 Å². The molecule has 0 aliphatic carbocycles. The number of carbonyl (C=O) groups is 1. The van der Waals surface area contributed by atoms with Gasteiger partial charge in [0.25, 0.3) is 0 Å². The summed E-state index contributed by atoms with van der Waals surface area (Å²) in [5.41, 5.74) is 1.42. The number of aromatic nitrogens is 2. The van der Waals surface area contributed by atoms with Gasteiger partial charge in [0.15, 0.2) is 0 Å². The lowest BCUT2D eigenvalue weighted by Crippen LogP contribution is -2.11. The van der Waals surface area contributed by atoms with Crippen LogP contribution in [0.5, 0.6) is 0 Å². The average Bonchev–Trinajstić information content (AvgIpc) is 2.45. The van der Waals surface area contributed by atoms with Gasteiger partial charge < -0.3 is 0 Å². The maximum Gasteiger partial charge on any atom is 0.205 e. The second-order valence-electron chi connectivity index (χ2n) is 3.97. The van der Waals surface area contributed by atoms with Crippen molar-refractivity contribution >= 4 is 17.4 Å². The number of hydrogen-bond acceptors (Lipinski definition) is 2. The van der Waals surface area contributed by atoms with Crippen LogP contribution in [-0.4, -0.2) is 15.6 Å². The lowest BCUT2D eigenvalue weighted by atomic mass is 10.2. The summed E-state index contributed by atoms with van der Waals surface area (Å²) < 4.78 is 1.64. The first-order valence-electron chi connectivity index (χ1n) is 4.85. The molecule has 0 aliphatic rings. The molecule has 0 aromatic carbocycles. The van der Waals surface area contributed by atoms with Crippen molar-refractivity contribution in [2.24, 2.45) is 0 Å². The molecule has 0 atom stereocenters. The third kappa shape index (κ3) is 2.69. The Hall–Kier alpha value is -1.09. The highest BCUT2D eigenvalue weighted by atomic mass is 35.5. The van der Waals surface area contributed by atoms with Gasteiger partial charge in [-0.3, -0.25) is 9.48 Å². The summed E-state index contributed by atoms with van der Waals surface area (Å²) in [4.78, 5) is 11.8. The van der Waals surface area contributed by atoms with Crippen molar-refractivity contribution in [3.8, 4) is 0 Å². The summed E-state index contributed by atoms with van der Waals surface area (Å²) >= 11 is 5.93. The molecule has 0 amide bonds. The van der Waals surface area contributed by atoms with Crippen LogP contribution in [-0.2, 0) is 0 Å². The smallest absolute Gasteiger partial charge is 0.205 e. The number of ketones is 1. The zero-order valence-corrected chi connectivity index (χ0v) is 10.2. The monoisotopic (exact) mass is 226 g/mol. The van der Waals surface area contributed by atoms with Crippen molar-refractivity contribution in [1.82, 2.24) is 9.78 Å². The van der Waals surface area contributed by atoms with Gasteiger partial charge >= 0.3 is 0 Å². The Labute approximate surface area is 94.7 Å². The van der Waals surface area contributed by atoms with Gasteiger partial charge in [-0.2, -0.15) is 5.10 Å². The predicted octanol–water partition coefficient (Wildman–Crippen LogP) is 3.27. The minimum absolute atomic E-state index is 0.0915. The highest BCUT2D eigenvalue weighted by Crippen LogP contribution is 2.20. The molecule has 1 rings (SSSR count). The van der Waals surface area contributed by atoms with Crippen LogP contribution in [0.25, 0.3) is 0 Å². The molecule has 0 bridgehead atoms. The number of halogens is 1. The van der Waals surface area contributed by atoms with E-state index in [9.17, 15) is 4.79 Å². The number of nitrogens with zero attached hydrogens (tertiary/aromatic N) is 2. The molecular formula is C11H15ClN2O. The quantitative estimate of drug-likeness (QED) is 0.586. The largest absolute Gasteiger partial charge is 0.287 e. The maximum atomic E-state index is 11.8. The molecule has 0 saturated carbocycles. The van der Waals surface area contributed by atoms with E-state index in [1.54, 1.807) is 10.8 Å². The Kier molecular flexibility index (Phi) is 3.69. The first-order chi connectivity index (χ1) is 6.93. The highest BCUT2D eigenvalue weighted by Gasteiger charge is 2.16. The molecule has 0 fully saturated rings. The SMILES string of the molecule is CC(C)=CC(=O)c1c(Cl)cnn1C(C)C. The van der Waals surface area contributed by atoms with Gasteiger partial charge in [0.05, 0.1) is 11.2 Å². The van der Waals surface area contributed by atoms with E-state index in [4.69, 9.17) is 11.6 Å². The first-order valence-corrected chi connectivity index (χ1v) is 5.23. The van der Waals surface area contributed by atoms with E-state index in [1.165, 1.54) is 6.20 Å². The molecule has 82 valence electrons. The third-order valence-electron chi connectivity index (χ3n) is 1.89. The van der Waals surface area contributed by atoms with Crippen molar-refractivity contribution < 1.29 is 4.79 Å². The van der Waals surface area contributed by atoms with Gasteiger partial charge in [-0.15, -0.1) is 0 Å². The first kappa shape index (κ1) is 12.0. The molecule has 1 aromatic heterocycles. The van der Waals surface area contributed by atoms with Crippen molar-refractivity contribution in [1.29, 1.82) is 0 Å². The van der Waals surface area contributed by atoms with Crippen LogP contribution in [0.4, 0.5) is 0 Å². The van der Waals surface area contributed by atoms with Crippen molar-refractivity contribution in [3.63, 3.8) is 0 Å². The van der Waals surface area contributed by atoms with Crippen LogP contribution in [0.2, 0.25) is 5.02 Å². The average molecular weight is 227 g/mol. The minimum Gasteiger partial charge on any atom is -0.287 e. The van der Waals surface area contributed by atoms with Crippen LogP contribution in [0.3, 0.4) is 0 Å². The molecule has 0 aliphatic heterocycles. The van der Waals surface area contributed by atoms with Crippen LogP contribution >= 0.6 is 11.6 Å². The van der Waals surface area contributed by atoms with E-state index in [0.717, 1.165) is 5.57 Å². The molecule has 0 N–H and O–H groups in total. The van der Waals surface area contributed by atoms with Gasteiger partial charge in [0.1, 0.15) is 5.69 Å². The lowest BCUT2D eigenvalue weighted by Gasteiger charge is -2.08. The van der Waals surface area contributed by atoms with Crippen molar-refractivity contribution in [2.75, 3.05) is 0 Å². The Morgan fingerprint density at radius 1 is 1.53 bits per heavy atom. The van der Waals surface area contributed by atoms with Crippen molar-refractivity contribution in [2.45, 2.75) is 33.7 Å². The summed E-state index contributed by atoms with van der Waals surface area (Å²) in [6.45, 7) is 7.68. The number of rotatable bonds is 3. The van der Waals surface area contributed by atoms with E-state index < -0.39 is 0 Å². The van der Waals surface area contributed by atoms with Gasteiger partial charge in [-0.25, -0.2) is 0 Å². The molecule has 0 saturated heterocycles. The molecule has 0 unspecified atom stereocenters. The standard InChI is InChI=1S/C11H15ClN2O/c1-7(2)5-10(15)11-9(12)6-13-14(11)8(3)4/h5-6,8H,1-4H3. The Morgan fingerprint density at radius 2 is 2.13 bits per heavy atom. The van der Waals surface area contributed by atoms with E-state index in [-0.39, 0.29) is 11.8 Å². The fraction of sp³-hybridized carbons (Fsp3) is 0.455. The van der Waals surface area contributed by atoms with E-state index in [1.807, 2.05) is 27.7 Å². The minimum atomic E-state index is -0.0915. The molecule has 1 aromatic rings. The Morgan fingerprint density at radius 3 is 2.60 bits per heavy atom. The predicted molar refractivity (Wildman–Crippen MR) is 61.4 cm³/mol. The van der Waals surface area contributed by atoms with Crippen LogP contribution in [0.1, 0.15) is 44.2 Å². The maximum absolute atomic E-state index is 11.8. The summed E-state index contributed by atoms with van der Waals surface area (Å²) in [5, 5.41) is 4.49. The van der Waals surface area contributed by atoms with Crippen LogP contribution in [0.15, 0.2) is 17.8 Å². The van der Waals surface area contributed by atoms with Crippen molar-refractivity contribution in [3.05, 3.63) is 28.6 Å².